The molecule has 2 heteroatoms. The Morgan fingerprint density at radius 3 is 2.60 bits per heavy atom. The minimum Gasteiger partial charge on any atom is -0.393 e. The summed E-state index contributed by atoms with van der Waals surface area (Å²) in [6, 6.07) is 6.35. The molecular weight excluding hydrogens is 208 g/mol. The number of hydrogen-bond donors (Lipinski definition) is 1. The van der Waals surface area contributed by atoms with Gasteiger partial charge in [0.1, 0.15) is 0 Å². The SMILES string of the molecule is Cc1ccc(CC(O)CCCCl)cc1C. The van der Waals surface area contributed by atoms with Crippen molar-refractivity contribution >= 4 is 11.6 Å². The van der Waals surface area contributed by atoms with Gasteiger partial charge in [0.25, 0.3) is 0 Å². The summed E-state index contributed by atoms with van der Waals surface area (Å²) in [5.74, 6) is 0.629. The van der Waals surface area contributed by atoms with Crippen LogP contribution in [0.15, 0.2) is 18.2 Å². The Hall–Kier alpha value is -0.530. The van der Waals surface area contributed by atoms with Crippen LogP contribution in [-0.4, -0.2) is 17.1 Å². The van der Waals surface area contributed by atoms with E-state index < -0.39 is 0 Å². The van der Waals surface area contributed by atoms with Crippen LogP contribution in [0, 0.1) is 13.8 Å². The first-order valence-corrected chi connectivity index (χ1v) is 5.97. The molecule has 0 spiro atoms. The van der Waals surface area contributed by atoms with Crippen molar-refractivity contribution in [1.29, 1.82) is 0 Å². The van der Waals surface area contributed by atoms with Crippen LogP contribution in [-0.2, 0) is 6.42 Å². The monoisotopic (exact) mass is 226 g/mol. The number of rotatable bonds is 5. The number of alkyl halides is 1. The topological polar surface area (TPSA) is 20.2 Å². The quantitative estimate of drug-likeness (QED) is 0.765. The highest BCUT2D eigenvalue weighted by Gasteiger charge is 2.05. The standard InChI is InChI=1S/C13H19ClO/c1-10-5-6-12(8-11(10)2)9-13(15)4-3-7-14/h5-6,8,13,15H,3-4,7,9H2,1-2H3. The Balaban J connectivity index is 2.53. The predicted molar refractivity (Wildman–Crippen MR) is 65.6 cm³/mol. The fraction of sp³-hybridized carbons (Fsp3) is 0.538. The highest BCUT2D eigenvalue weighted by atomic mass is 35.5. The summed E-state index contributed by atoms with van der Waals surface area (Å²) in [5, 5.41) is 9.74. The minimum absolute atomic E-state index is 0.258. The molecule has 0 aliphatic carbocycles. The van der Waals surface area contributed by atoms with Crippen LogP contribution in [0.5, 0.6) is 0 Å². The van der Waals surface area contributed by atoms with Crippen molar-refractivity contribution in [3.05, 3.63) is 34.9 Å². The molecule has 0 heterocycles. The number of aryl methyl sites for hydroxylation is 2. The van der Waals surface area contributed by atoms with Crippen molar-refractivity contribution in [2.45, 2.75) is 39.2 Å². The largest absolute Gasteiger partial charge is 0.393 e. The lowest BCUT2D eigenvalue weighted by Crippen LogP contribution is -2.10. The molecule has 0 fully saturated rings. The lowest BCUT2D eigenvalue weighted by Gasteiger charge is -2.10. The molecule has 0 amide bonds. The third-order valence-electron chi connectivity index (χ3n) is 2.71. The molecule has 1 rings (SSSR count). The predicted octanol–water partition coefficient (Wildman–Crippen LogP) is 3.23. The second-order valence-corrected chi connectivity index (χ2v) is 4.49. The smallest absolute Gasteiger partial charge is 0.0581 e. The lowest BCUT2D eigenvalue weighted by atomic mass is 10.0. The average molecular weight is 227 g/mol. The first-order valence-electron chi connectivity index (χ1n) is 5.43. The molecule has 1 aromatic rings. The molecule has 0 saturated heterocycles. The van der Waals surface area contributed by atoms with Crippen molar-refractivity contribution in [3.63, 3.8) is 0 Å². The van der Waals surface area contributed by atoms with Crippen LogP contribution >= 0.6 is 11.6 Å². The van der Waals surface area contributed by atoms with Crippen LogP contribution in [0.3, 0.4) is 0 Å². The molecule has 15 heavy (non-hydrogen) atoms. The van der Waals surface area contributed by atoms with E-state index in [1.165, 1.54) is 16.7 Å². The number of benzene rings is 1. The summed E-state index contributed by atoms with van der Waals surface area (Å²) in [7, 11) is 0. The van der Waals surface area contributed by atoms with Crippen LogP contribution in [0.4, 0.5) is 0 Å². The molecule has 0 saturated carbocycles. The van der Waals surface area contributed by atoms with E-state index in [1.807, 2.05) is 0 Å². The maximum atomic E-state index is 9.74. The summed E-state index contributed by atoms with van der Waals surface area (Å²) >= 11 is 5.58. The average Bonchev–Trinajstić information content (AvgIpc) is 2.20. The summed E-state index contributed by atoms with van der Waals surface area (Å²) in [6.45, 7) is 4.20. The molecular formula is C13H19ClO. The number of halogens is 1. The van der Waals surface area contributed by atoms with Gasteiger partial charge in [0.2, 0.25) is 0 Å². The van der Waals surface area contributed by atoms with E-state index in [1.54, 1.807) is 0 Å². The van der Waals surface area contributed by atoms with Crippen LogP contribution in [0.1, 0.15) is 29.5 Å². The lowest BCUT2D eigenvalue weighted by molar-refractivity contribution is 0.164. The molecule has 84 valence electrons. The molecule has 0 radical (unpaired) electrons. The molecule has 0 aromatic heterocycles. The van der Waals surface area contributed by atoms with Crippen molar-refractivity contribution in [3.8, 4) is 0 Å². The Kier molecular flexibility index (Phi) is 5.13. The summed E-state index contributed by atoms with van der Waals surface area (Å²) in [4.78, 5) is 0. The Labute approximate surface area is 97.1 Å². The van der Waals surface area contributed by atoms with Gasteiger partial charge in [-0.05, 0) is 49.8 Å². The van der Waals surface area contributed by atoms with Crippen molar-refractivity contribution in [1.82, 2.24) is 0 Å². The zero-order valence-corrected chi connectivity index (χ0v) is 10.2. The van der Waals surface area contributed by atoms with Gasteiger partial charge < -0.3 is 5.11 Å². The molecule has 0 bridgehead atoms. The normalized spacial score (nSPS) is 12.8. The maximum absolute atomic E-state index is 9.74. The second-order valence-electron chi connectivity index (χ2n) is 4.11. The van der Waals surface area contributed by atoms with E-state index in [9.17, 15) is 5.11 Å². The number of hydrogen-bond acceptors (Lipinski definition) is 1. The minimum atomic E-state index is -0.258. The molecule has 0 aliphatic rings. The molecule has 1 nitrogen and oxygen atoms in total. The summed E-state index contributed by atoms with van der Waals surface area (Å²) in [6.07, 6.45) is 2.15. The van der Waals surface area contributed by atoms with Crippen molar-refractivity contribution < 1.29 is 5.11 Å². The zero-order valence-electron chi connectivity index (χ0n) is 9.46. The van der Waals surface area contributed by atoms with E-state index in [2.05, 4.69) is 32.0 Å². The van der Waals surface area contributed by atoms with Crippen molar-refractivity contribution in [2.24, 2.45) is 0 Å². The third-order valence-corrected chi connectivity index (χ3v) is 2.98. The van der Waals surface area contributed by atoms with Gasteiger partial charge in [0, 0.05) is 5.88 Å². The fourth-order valence-corrected chi connectivity index (χ4v) is 1.77. The molecule has 1 unspecified atom stereocenters. The first kappa shape index (κ1) is 12.5. The van der Waals surface area contributed by atoms with Crippen molar-refractivity contribution in [2.75, 3.05) is 5.88 Å². The molecule has 1 aromatic carbocycles. The number of aliphatic hydroxyl groups is 1. The van der Waals surface area contributed by atoms with Gasteiger partial charge in [-0.2, -0.15) is 0 Å². The fourth-order valence-electron chi connectivity index (χ4n) is 1.62. The Bertz CT molecular complexity index is 309. The van der Waals surface area contributed by atoms with Crippen LogP contribution in [0.25, 0.3) is 0 Å². The first-order chi connectivity index (χ1) is 7.13. The van der Waals surface area contributed by atoms with Gasteiger partial charge in [0.05, 0.1) is 6.10 Å². The number of aliphatic hydroxyl groups excluding tert-OH is 1. The summed E-state index contributed by atoms with van der Waals surface area (Å²) in [5.41, 5.74) is 3.80. The Morgan fingerprint density at radius 2 is 2.00 bits per heavy atom. The van der Waals surface area contributed by atoms with Gasteiger partial charge in [-0.15, -0.1) is 11.6 Å². The highest BCUT2D eigenvalue weighted by Crippen LogP contribution is 2.13. The van der Waals surface area contributed by atoms with Gasteiger partial charge in [-0.25, -0.2) is 0 Å². The zero-order chi connectivity index (χ0) is 11.3. The molecule has 1 N–H and O–H groups in total. The molecule has 0 aliphatic heterocycles. The Morgan fingerprint density at radius 1 is 1.27 bits per heavy atom. The van der Waals surface area contributed by atoms with Gasteiger partial charge in [-0.3, -0.25) is 0 Å². The van der Waals surface area contributed by atoms with Crippen LogP contribution < -0.4 is 0 Å². The van der Waals surface area contributed by atoms with Gasteiger partial charge in [-0.1, -0.05) is 18.2 Å². The van der Waals surface area contributed by atoms with Gasteiger partial charge >= 0.3 is 0 Å². The van der Waals surface area contributed by atoms with E-state index in [0.29, 0.717) is 5.88 Å². The van der Waals surface area contributed by atoms with E-state index in [4.69, 9.17) is 11.6 Å². The van der Waals surface area contributed by atoms with E-state index in [0.717, 1.165) is 19.3 Å². The van der Waals surface area contributed by atoms with E-state index >= 15 is 0 Å². The highest BCUT2D eigenvalue weighted by molar-refractivity contribution is 6.17. The second kappa shape index (κ2) is 6.14. The molecule has 1 atom stereocenters. The maximum Gasteiger partial charge on any atom is 0.0581 e. The van der Waals surface area contributed by atoms with Gasteiger partial charge in [0.15, 0.2) is 0 Å². The third kappa shape index (κ3) is 4.23. The summed E-state index contributed by atoms with van der Waals surface area (Å²) < 4.78 is 0. The van der Waals surface area contributed by atoms with Crippen LogP contribution in [0.2, 0.25) is 0 Å². The van der Waals surface area contributed by atoms with E-state index in [-0.39, 0.29) is 6.10 Å².